The van der Waals surface area contributed by atoms with E-state index in [2.05, 4.69) is 10.3 Å². The second-order valence-corrected chi connectivity index (χ2v) is 18.5. The van der Waals surface area contributed by atoms with Crippen LogP contribution in [0.5, 0.6) is 0 Å². The van der Waals surface area contributed by atoms with Crippen LogP contribution in [0.25, 0.3) is 0 Å². The minimum Gasteiger partial charge on any atom is -0.458 e. The molecule has 0 bridgehead atoms. The number of fused-ring (bicyclic) bond motifs is 1. The minimum atomic E-state index is -1.39. The van der Waals surface area contributed by atoms with Crippen LogP contribution < -0.4 is 5.32 Å². The smallest absolute Gasteiger partial charge is 0.419 e. The summed E-state index contributed by atoms with van der Waals surface area (Å²) in [5.41, 5.74) is -3.78. The average molecular weight is 867 g/mol. The van der Waals surface area contributed by atoms with Crippen LogP contribution >= 0.6 is 0 Å². The van der Waals surface area contributed by atoms with Gasteiger partial charge in [0, 0.05) is 56.8 Å². The van der Waals surface area contributed by atoms with Crippen LogP contribution in [-0.2, 0) is 52.2 Å². The van der Waals surface area contributed by atoms with Crippen LogP contribution in [0.2, 0.25) is 0 Å². The normalized spacial score (nSPS) is 44.1. The molecule has 2 N–H and O–H groups in total. The minimum absolute atomic E-state index is 0.0721. The summed E-state index contributed by atoms with van der Waals surface area (Å²) in [6, 6.07) is -1.13. The number of aromatic nitrogens is 2. The van der Waals surface area contributed by atoms with Gasteiger partial charge in [0.1, 0.15) is 29.9 Å². The van der Waals surface area contributed by atoms with E-state index in [1.54, 1.807) is 34.6 Å². The van der Waals surface area contributed by atoms with Crippen molar-refractivity contribution in [1.82, 2.24) is 19.8 Å². The van der Waals surface area contributed by atoms with E-state index >= 15 is 0 Å². The fourth-order valence-corrected chi connectivity index (χ4v) is 10.1. The lowest BCUT2D eigenvalue weighted by Crippen LogP contribution is -2.62. The molecule has 18 nitrogen and oxygen atoms in total. The number of imidazole rings is 1. The van der Waals surface area contributed by atoms with Crippen LogP contribution in [0.4, 0.5) is 9.59 Å². The molecule has 1 aromatic rings. The fraction of sp³-hybridized carbons (Fsp3) is 0.837. The molecule has 5 rings (SSSR count). The lowest BCUT2D eigenvalue weighted by Gasteiger charge is -2.50. The van der Waals surface area contributed by atoms with Crippen molar-refractivity contribution in [1.29, 1.82) is 0 Å². The van der Waals surface area contributed by atoms with Crippen molar-refractivity contribution in [3.63, 3.8) is 0 Å². The molecule has 17 unspecified atom stereocenters. The van der Waals surface area contributed by atoms with Crippen molar-refractivity contribution >= 4 is 23.9 Å². The Labute approximate surface area is 359 Å². The van der Waals surface area contributed by atoms with Crippen molar-refractivity contribution in [2.24, 2.45) is 23.7 Å². The number of carbonyl (C=O) groups excluding carboxylic acids is 4. The number of hydrogen-bond donors (Lipinski definition) is 2. The van der Waals surface area contributed by atoms with Crippen molar-refractivity contribution in [3.8, 4) is 0 Å². The average Bonchev–Trinajstić information content (AvgIpc) is 3.86. The number of likely N-dealkylation sites (N-methyl/N-ethyl adjacent to an activating group) is 1. The lowest BCUT2D eigenvalue weighted by molar-refractivity contribution is -0.319. The summed E-state index contributed by atoms with van der Waals surface area (Å²) in [6.07, 6.45) is -4.18. The Bertz CT molecular complexity index is 1680. The standard InChI is InChI=1S/C43H70N4O14/c1-15-29-43(10)34(45-39(51)61-43)24(4)31(48)22(2)19-41(8,53-13)35(59-38-32(49)28(46(11)12)18-23(3)55-38)25(5)33(26(6)37(50)57-29)58-30-20-42(9,54-14)36(27(7)56-30)60-40(52)47-17-16-44-21-47/h16-17,21-30,32-36,38,49H,15,18-20H2,1-14H3,(H,45,51)/t22?,23?,24?,25?,26?,27?,28?,29-,30?,32?,33?,34?,35?,36?,38?,41?,42?,43?/m1/s1. The van der Waals surface area contributed by atoms with Crippen LogP contribution in [0, 0.1) is 23.7 Å². The highest BCUT2D eigenvalue weighted by Crippen LogP contribution is 2.43. The number of ketones is 1. The number of aliphatic hydroxyl groups excluding tert-OH is 1. The van der Waals surface area contributed by atoms with E-state index in [0.717, 1.165) is 0 Å². The molecule has 0 radical (unpaired) electrons. The van der Waals surface area contributed by atoms with E-state index in [0.29, 0.717) is 6.42 Å². The number of ether oxygens (including phenoxy) is 9. The molecule has 18 heteroatoms. The number of nitrogens with one attached hydrogen (secondary N) is 1. The van der Waals surface area contributed by atoms with Crippen molar-refractivity contribution < 1.29 is 66.9 Å². The summed E-state index contributed by atoms with van der Waals surface area (Å²) >= 11 is 0. The van der Waals surface area contributed by atoms with Gasteiger partial charge in [-0.1, -0.05) is 27.7 Å². The highest BCUT2D eigenvalue weighted by atomic mass is 16.7. The van der Waals surface area contributed by atoms with Gasteiger partial charge in [-0.2, -0.15) is 0 Å². The zero-order chi connectivity index (χ0) is 45.4. The third-order valence-corrected chi connectivity index (χ3v) is 13.8. The zero-order valence-corrected chi connectivity index (χ0v) is 38.3. The van der Waals surface area contributed by atoms with Gasteiger partial charge in [0.15, 0.2) is 24.3 Å². The maximum atomic E-state index is 14.6. The maximum absolute atomic E-state index is 14.6. The lowest BCUT2D eigenvalue weighted by atomic mass is 9.73. The topological polar surface area (TPSA) is 205 Å². The Kier molecular flexibility index (Phi) is 15.4. The van der Waals surface area contributed by atoms with Gasteiger partial charge in [0.2, 0.25) is 0 Å². The molecule has 4 fully saturated rings. The molecule has 0 saturated carbocycles. The first-order chi connectivity index (χ1) is 28.5. The second-order valence-electron chi connectivity index (χ2n) is 18.5. The van der Waals surface area contributed by atoms with E-state index in [9.17, 15) is 24.3 Å². The second kappa shape index (κ2) is 19.3. The van der Waals surface area contributed by atoms with Gasteiger partial charge < -0.3 is 58.0 Å². The van der Waals surface area contributed by atoms with Crippen LogP contribution in [-0.4, -0.2) is 156 Å². The molecule has 0 spiro atoms. The van der Waals surface area contributed by atoms with Gasteiger partial charge in [0.05, 0.1) is 42.0 Å². The van der Waals surface area contributed by atoms with Gasteiger partial charge in [-0.15, -0.1) is 0 Å². The number of amides is 1. The number of aliphatic hydroxyl groups is 1. The van der Waals surface area contributed by atoms with Gasteiger partial charge in [0.25, 0.3) is 0 Å². The first kappa shape index (κ1) is 48.8. The monoisotopic (exact) mass is 866 g/mol. The Morgan fingerprint density at radius 2 is 1.62 bits per heavy atom. The van der Waals surface area contributed by atoms with E-state index < -0.39 is 114 Å². The Hall–Kier alpha value is -3.23. The highest BCUT2D eigenvalue weighted by Gasteiger charge is 2.58. The molecule has 0 aliphatic carbocycles. The molecular formula is C43H70N4O14. The van der Waals surface area contributed by atoms with Crippen molar-refractivity contribution in [2.45, 2.75) is 179 Å². The highest BCUT2D eigenvalue weighted by molar-refractivity contribution is 5.85. The summed E-state index contributed by atoms with van der Waals surface area (Å²) in [4.78, 5) is 61.0. The third-order valence-electron chi connectivity index (χ3n) is 13.8. The molecular weight excluding hydrogens is 796 g/mol. The molecule has 1 aromatic heterocycles. The largest absolute Gasteiger partial charge is 0.458 e. The van der Waals surface area contributed by atoms with Gasteiger partial charge in [-0.25, -0.2) is 19.1 Å². The predicted octanol–water partition coefficient (Wildman–Crippen LogP) is 4.08. The Morgan fingerprint density at radius 3 is 2.21 bits per heavy atom. The molecule has 4 saturated heterocycles. The number of methoxy groups -OCH3 is 2. The number of nitrogens with zero attached hydrogens (tertiary/aromatic N) is 3. The number of carbonyl (C=O) groups is 4. The molecule has 4 aliphatic heterocycles. The number of cyclic esters (lactones) is 1. The SMILES string of the molecule is CC[C@H]1OC(=O)C(C)C(OC2CC(C)(OC)C(OC(=O)n3ccnc3)C(C)O2)C(C)C(OC2OC(C)CC(N(C)C)C2O)C(C)(OC)CC(C)C(=O)C(C)C2NC(=O)OC21C. The molecule has 61 heavy (non-hydrogen) atoms. The van der Waals surface area contributed by atoms with E-state index in [1.165, 1.54) is 37.5 Å². The van der Waals surface area contributed by atoms with E-state index in [4.69, 9.17) is 42.6 Å². The van der Waals surface area contributed by atoms with Crippen molar-refractivity contribution in [3.05, 3.63) is 18.7 Å². The molecule has 18 atom stereocenters. The first-order valence-electron chi connectivity index (χ1n) is 21.5. The number of hydrogen-bond acceptors (Lipinski definition) is 16. The van der Waals surface area contributed by atoms with Gasteiger partial charge in [-0.05, 0) is 74.9 Å². The Balaban J connectivity index is 1.59. The van der Waals surface area contributed by atoms with E-state index in [1.807, 2.05) is 53.6 Å². The third kappa shape index (κ3) is 9.96. The van der Waals surface area contributed by atoms with Gasteiger partial charge >= 0.3 is 18.2 Å². The Morgan fingerprint density at radius 1 is 0.967 bits per heavy atom. The first-order valence-corrected chi connectivity index (χ1v) is 21.5. The molecule has 0 aromatic carbocycles. The summed E-state index contributed by atoms with van der Waals surface area (Å²) < 4.78 is 58.3. The van der Waals surface area contributed by atoms with Crippen LogP contribution in [0.3, 0.4) is 0 Å². The quantitative estimate of drug-likeness (QED) is 0.265. The van der Waals surface area contributed by atoms with Crippen LogP contribution in [0.1, 0.15) is 94.9 Å². The summed E-state index contributed by atoms with van der Waals surface area (Å²) in [5, 5.41) is 14.6. The number of Topliss-reactive ketones (excluding diaryl/α,β-unsaturated/α-hetero) is 1. The summed E-state index contributed by atoms with van der Waals surface area (Å²) in [6.45, 7) is 17.9. The van der Waals surface area contributed by atoms with Gasteiger partial charge in [-0.3, -0.25) is 9.59 Å². The molecule has 346 valence electrons. The van der Waals surface area contributed by atoms with E-state index in [-0.39, 0.29) is 37.2 Å². The molecule has 5 heterocycles. The molecule has 1 amide bonds. The maximum Gasteiger partial charge on any atom is 0.419 e. The molecule has 4 aliphatic rings. The summed E-state index contributed by atoms with van der Waals surface area (Å²) in [7, 11) is 6.80. The number of rotatable bonds is 9. The predicted molar refractivity (Wildman–Crippen MR) is 218 cm³/mol. The fourth-order valence-electron chi connectivity index (χ4n) is 10.1. The summed E-state index contributed by atoms with van der Waals surface area (Å²) in [5.74, 6) is -3.98. The zero-order valence-electron chi connectivity index (χ0n) is 38.3. The number of esters is 1. The number of alkyl carbamates (subject to hydrolysis) is 1. The van der Waals surface area contributed by atoms with Crippen molar-refractivity contribution in [2.75, 3.05) is 28.3 Å². The van der Waals surface area contributed by atoms with Crippen LogP contribution in [0.15, 0.2) is 18.7 Å².